The summed E-state index contributed by atoms with van der Waals surface area (Å²) in [5.41, 5.74) is 0. The molecule has 0 rings (SSSR count). The van der Waals surface area contributed by atoms with Gasteiger partial charge >= 0.3 is 19.8 Å². The molecule has 0 aliphatic rings. The number of carbonyl (C=O) groups is 2. The molecule has 0 saturated carbocycles. The maximum atomic E-state index is 12.4. The molecule has 0 spiro atoms. The summed E-state index contributed by atoms with van der Waals surface area (Å²) in [4.78, 5) is 42.7. The summed E-state index contributed by atoms with van der Waals surface area (Å²) in [6.45, 7) is 3.43. The molecule has 1 unspecified atom stereocenters. The third-order valence-corrected chi connectivity index (χ3v) is 8.37. The van der Waals surface area contributed by atoms with Crippen LogP contribution in [0.25, 0.3) is 0 Å². The van der Waals surface area contributed by atoms with E-state index in [1.54, 1.807) is 6.08 Å². The van der Waals surface area contributed by atoms with Gasteiger partial charge in [-0.2, -0.15) is 0 Å². The highest BCUT2D eigenvalue weighted by Crippen LogP contribution is 2.36. The van der Waals surface area contributed by atoms with Crippen molar-refractivity contribution in [3.8, 4) is 0 Å². The van der Waals surface area contributed by atoms with Gasteiger partial charge in [-0.15, -0.1) is 0 Å². The predicted octanol–water partition coefficient (Wildman–Crippen LogP) is 10.3. The Bertz CT molecular complexity index is 1010. The maximum absolute atomic E-state index is 12.4. The van der Waals surface area contributed by atoms with E-state index >= 15 is 0 Å². The van der Waals surface area contributed by atoms with E-state index in [2.05, 4.69) is 30.5 Å². The third kappa shape index (κ3) is 37.0. The van der Waals surface area contributed by atoms with E-state index in [-0.39, 0.29) is 19.4 Å². The summed E-state index contributed by atoms with van der Waals surface area (Å²) in [5, 5.41) is 9.96. The van der Waals surface area contributed by atoms with E-state index in [9.17, 15) is 19.3 Å². The van der Waals surface area contributed by atoms with Gasteiger partial charge in [-0.3, -0.25) is 14.1 Å². The van der Waals surface area contributed by atoms with Crippen LogP contribution in [-0.4, -0.2) is 52.3 Å². The zero-order valence-corrected chi connectivity index (χ0v) is 32.0. The van der Waals surface area contributed by atoms with Crippen LogP contribution in [0.1, 0.15) is 155 Å². The monoisotopic (exact) mass is 724 g/mol. The van der Waals surface area contributed by atoms with E-state index < -0.39 is 38.6 Å². The van der Waals surface area contributed by atoms with Crippen LogP contribution < -0.4 is 0 Å². The molecule has 0 aliphatic heterocycles. The zero-order valence-electron chi connectivity index (χ0n) is 31.1. The van der Waals surface area contributed by atoms with Gasteiger partial charge in [-0.05, 0) is 44.9 Å². The second kappa shape index (κ2) is 35.1. The zero-order chi connectivity index (χ0) is 37.0. The Labute approximate surface area is 303 Å². The van der Waals surface area contributed by atoms with Crippen molar-refractivity contribution < 1.29 is 43.0 Å². The summed E-state index contributed by atoms with van der Waals surface area (Å²) >= 11 is 0. The van der Waals surface area contributed by atoms with E-state index in [4.69, 9.17) is 19.3 Å². The molecule has 288 valence electrons. The Hall–Kier alpha value is -2.29. The van der Waals surface area contributed by atoms with E-state index in [0.29, 0.717) is 25.7 Å². The van der Waals surface area contributed by atoms with Crippen molar-refractivity contribution >= 4 is 19.8 Å². The first kappa shape index (κ1) is 47.7. The fraction of sp³-hybridized carbons (Fsp3) is 0.700. The van der Waals surface area contributed by atoms with Gasteiger partial charge in [0.2, 0.25) is 0 Å². The second-order valence-electron chi connectivity index (χ2n) is 12.7. The quantitative estimate of drug-likeness (QED) is 0.0194. The number of aliphatic hydroxyl groups is 1. The molecule has 0 heterocycles. The van der Waals surface area contributed by atoms with Crippen molar-refractivity contribution in [1.29, 1.82) is 0 Å². The number of phosphoric ester groups is 1. The number of rotatable bonds is 34. The van der Waals surface area contributed by atoms with Gasteiger partial charge in [0, 0.05) is 12.8 Å². The number of aliphatic hydroxyl groups excluding tert-OH is 1. The Morgan fingerprint density at radius 1 is 0.640 bits per heavy atom. The van der Waals surface area contributed by atoms with Crippen molar-refractivity contribution in [3.05, 3.63) is 60.8 Å². The molecule has 0 fully saturated rings. The molecule has 0 aliphatic carbocycles. The van der Waals surface area contributed by atoms with Crippen LogP contribution in [-0.2, 0) is 28.2 Å². The lowest BCUT2D eigenvalue weighted by molar-refractivity contribution is -0.161. The highest BCUT2D eigenvalue weighted by Gasteiger charge is 2.22. The van der Waals surface area contributed by atoms with Crippen LogP contribution in [0.3, 0.4) is 0 Å². The molecule has 0 aromatic carbocycles. The van der Waals surface area contributed by atoms with E-state index in [0.717, 1.165) is 38.5 Å². The molecule has 0 aromatic rings. The number of hydrogen-bond donors (Lipinski definition) is 3. The van der Waals surface area contributed by atoms with Crippen LogP contribution in [0.15, 0.2) is 60.8 Å². The number of unbranched alkanes of at least 4 members (excludes halogenated alkanes) is 14. The largest absolute Gasteiger partial charge is 0.469 e. The molecule has 0 bridgehead atoms. The summed E-state index contributed by atoms with van der Waals surface area (Å²) in [6, 6.07) is 0. The van der Waals surface area contributed by atoms with Gasteiger partial charge in [0.05, 0.1) is 12.7 Å². The molecular weight excluding hydrogens is 655 g/mol. The van der Waals surface area contributed by atoms with Gasteiger partial charge in [0.1, 0.15) is 6.61 Å². The standard InChI is InChI=1S/C40H69O9P/c1-3-5-7-9-11-12-13-14-15-16-17-22-26-30-34-40(43)49-38(36-48-50(44,45)46)35-47-39(42)33-29-25-21-19-18-20-24-28-32-37(41)31-27-23-10-8-6-4-2/h6,8,19-21,23-24,27-28,32,37-38,41H,3-5,7,9-18,22,25-26,29-31,33-36H2,1-2H3,(H2,44,45,46)/b8-6-,21-19-,24-20-,27-23-,32-28+/t37?,38-/m1/s1. The summed E-state index contributed by atoms with van der Waals surface area (Å²) in [6.07, 6.45) is 39.8. The molecule has 0 aromatic heterocycles. The smallest absolute Gasteiger partial charge is 0.462 e. The lowest BCUT2D eigenvalue weighted by Crippen LogP contribution is -2.29. The highest BCUT2D eigenvalue weighted by molar-refractivity contribution is 7.46. The maximum Gasteiger partial charge on any atom is 0.469 e. The van der Waals surface area contributed by atoms with Crippen LogP contribution >= 0.6 is 7.82 Å². The van der Waals surface area contributed by atoms with Gasteiger partial charge in [-0.25, -0.2) is 4.57 Å². The number of hydrogen-bond acceptors (Lipinski definition) is 7. The molecule has 2 atom stereocenters. The first-order valence-corrected chi connectivity index (χ1v) is 20.7. The van der Waals surface area contributed by atoms with Crippen molar-refractivity contribution in [2.45, 2.75) is 167 Å². The highest BCUT2D eigenvalue weighted by atomic mass is 31.2. The van der Waals surface area contributed by atoms with Crippen molar-refractivity contribution in [2.75, 3.05) is 13.2 Å². The average molecular weight is 725 g/mol. The van der Waals surface area contributed by atoms with Gasteiger partial charge < -0.3 is 24.4 Å². The number of ether oxygens (including phenoxy) is 2. The molecular formula is C40H69O9P. The summed E-state index contributed by atoms with van der Waals surface area (Å²) in [5.74, 6) is -0.994. The van der Waals surface area contributed by atoms with Crippen LogP contribution in [0.2, 0.25) is 0 Å². The fourth-order valence-electron chi connectivity index (χ4n) is 5.02. The normalized spacial score (nSPS) is 13.8. The van der Waals surface area contributed by atoms with E-state index in [1.807, 2.05) is 42.5 Å². The Kier molecular flexibility index (Phi) is 33.5. The van der Waals surface area contributed by atoms with Crippen LogP contribution in [0.5, 0.6) is 0 Å². The molecule has 0 radical (unpaired) electrons. The Morgan fingerprint density at radius 3 is 1.82 bits per heavy atom. The third-order valence-electron chi connectivity index (χ3n) is 7.88. The number of phosphoric acid groups is 1. The Morgan fingerprint density at radius 2 is 1.20 bits per heavy atom. The molecule has 50 heavy (non-hydrogen) atoms. The van der Waals surface area contributed by atoms with E-state index in [1.165, 1.54) is 64.2 Å². The van der Waals surface area contributed by atoms with Crippen molar-refractivity contribution in [2.24, 2.45) is 0 Å². The number of carbonyl (C=O) groups excluding carboxylic acids is 2. The number of esters is 2. The predicted molar refractivity (Wildman–Crippen MR) is 203 cm³/mol. The minimum Gasteiger partial charge on any atom is -0.462 e. The average Bonchev–Trinajstić information content (AvgIpc) is 3.08. The molecule has 10 heteroatoms. The minimum absolute atomic E-state index is 0.156. The lowest BCUT2D eigenvalue weighted by Gasteiger charge is -2.18. The number of allylic oxidation sites excluding steroid dienone is 8. The van der Waals surface area contributed by atoms with Crippen LogP contribution in [0.4, 0.5) is 0 Å². The molecule has 3 N–H and O–H groups in total. The summed E-state index contributed by atoms with van der Waals surface area (Å²) in [7, 11) is -4.78. The second-order valence-corrected chi connectivity index (χ2v) is 14.0. The van der Waals surface area contributed by atoms with Gasteiger partial charge in [-0.1, -0.05) is 158 Å². The van der Waals surface area contributed by atoms with Crippen molar-refractivity contribution in [1.82, 2.24) is 0 Å². The molecule has 9 nitrogen and oxygen atoms in total. The topological polar surface area (TPSA) is 140 Å². The molecule has 0 saturated heterocycles. The lowest BCUT2D eigenvalue weighted by atomic mass is 10.0. The van der Waals surface area contributed by atoms with Gasteiger partial charge in [0.25, 0.3) is 0 Å². The summed E-state index contributed by atoms with van der Waals surface area (Å²) < 4.78 is 26.2. The fourth-order valence-corrected chi connectivity index (χ4v) is 5.38. The first-order valence-electron chi connectivity index (χ1n) is 19.2. The van der Waals surface area contributed by atoms with Gasteiger partial charge in [0.15, 0.2) is 6.10 Å². The SMILES string of the molecule is CC/C=C\C/C=C\CC(O)/C=C/C=C\C/C=C\CCCC(=O)OC[C@H](COP(=O)(O)O)OC(=O)CCCCCCCCCCCCCCCC. The Balaban J connectivity index is 4.13. The van der Waals surface area contributed by atoms with Crippen molar-refractivity contribution in [3.63, 3.8) is 0 Å². The minimum atomic E-state index is -4.78. The van der Waals surface area contributed by atoms with Crippen LogP contribution in [0, 0.1) is 0 Å². The first-order chi connectivity index (χ1) is 24.2. The molecule has 0 amide bonds.